The summed E-state index contributed by atoms with van der Waals surface area (Å²) in [7, 11) is -2.18. The lowest BCUT2D eigenvalue weighted by Crippen LogP contribution is -2.54. The zero-order chi connectivity index (χ0) is 30.8. The van der Waals surface area contributed by atoms with E-state index < -0.39 is 55.2 Å². The van der Waals surface area contributed by atoms with Crippen LogP contribution in [0, 0.1) is 16.0 Å². The van der Waals surface area contributed by atoms with Crippen LogP contribution in [0.3, 0.4) is 0 Å². The fourth-order valence-electron chi connectivity index (χ4n) is 3.35. The number of nitrogens with two attached hydrogens (primary N) is 1. The number of nitro groups is 1. The smallest absolute Gasteiger partial charge is 0.405 e. The van der Waals surface area contributed by atoms with E-state index in [4.69, 9.17) is 15.3 Å². The number of hydrogen-bond donors (Lipinski definition) is 6. The van der Waals surface area contributed by atoms with Crippen molar-refractivity contribution < 1.29 is 33.6 Å². The second-order valence-electron chi connectivity index (χ2n) is 11.3. The molecule has 0 aliphatic rings. The quantitative estimate of drug-likeness (QED) is 0.0826. The Bertz CT molecular complexity index is 1090. The van der Waals surface area contributed by atoms with Crippen LogP contribution in [0.15, 0.2) is 18.2 Å². The maximum absolute atomic E-state index is 13.2. The standard InChI is InChI=1S/C25H42N6O8Si/c1-15(2)20(30-24(35)36)22(33)29-18(9-8-12-27-23(26)34)21(32)28-17-11-10-16(19(13-17)31(37)38)14-39-40(6,7)25(3,4)5/h10-11,13,15,18,20,30H,8-9,12,14H2,1-7H3,(H,28,32)(H,29,33)(H,35,36)(H3,26,27,34)/t18-,20-/m0/s1. The van der Waals surface area contributed by atoms with E-state index in [1.807, 2.05) is 13.1 Å². The van der Waals surface area contributed by atoms with Crippen molar-refractivity contribution in [1.29, 1.82) is 0 Å². The number of amides is 5. The van der Waals surface area contributed by atoms with Gasteiger partial charge >= 0.3 is 12.1 Å². The van der Waals surface area contributed by atoms with Crippen LogP contribution >= 0.6 is 0 Å². The number of nitrogens with zero attached hydrogens (tertiary/aromatic N) is 1. The van der Waals surface area contributed by atoms with Gasteiger partial charge in [-0.2, -0.15) is 0 Å². The Labute approximate surface area is 235 Å². The molecule has 14 nitrogen and oxygen atoms in total. The second kappa shape index (κ2) is 14.6. The minimum absolute atomic E-state index is 0.0414. The van der Waals surface area contributed by atoms with Crippen LogP contribution in [-0.4, -0.2) is 60.9 Å². The highest BCUT2D eigenvalue weighted by Gasteiger charge is 2.37. The summed E-state index contributed by atoms with van der Waals surface area (Å²) >= 11 is 0. The first kappa shape index (κ1) is 34.3. The predicted molar refractivity (Wildman–Crippen MR) is 152 cm³/mol. The third kappa shape index (κ3) is 10.8. The van der Waals surface area contributed by atoms with E-state index in [1.54, 1.807) is 13.8 Å². The first-order chi connectivity index (χ1) is 18.4. The molecule has 0 spiro atoms. The Morgan fingerprint density at radius 1 is 1.12 bits per heavy atom. The van der Waals surface area contributed by atoms with Gasteiger partial charge in [0.2, 0.25) is 11.8 Å². The van der Waals surface area contributed by atoms with Crippen molar-refractivity contribution in [3.05, 3.63) is 33.9 Å². The summed E-state index contributed by atoms with van der Waals surface area (Å²) in [6.07, 6.45) is -1.08. The van der Waals surface area contributed by atoms with Crippen molar-refractivity contribution in [2.45, 2.75) is 84.3 Å². The van der Waals surface area contributed by atoms with Crippen molar-refractivity contribution in [2.24, 2.45) is 11.7 Å². The van der Waals surface area contributed by atoms with Gasteiger partial charge in [-0.3, -0.25) is 19.7 Å². The number of carbonyl (C=O) groups is 4. The lowest BCUT2D eigenvalue weighted by molar-refractivity contribution is -0.385. The molecular formula is C25H42N6O8Si. The summed E-state index contributed by atoms with van der Waals surface area (Å²) in [5, 5.41) is 30.4. The molecule has 2 atom stereocenters. The number of nitro benzene ring substituents is 1. The molecule has 1 aromatic rings. The molecule has 0 bridgehead atoms. The van der Waals surface area contributed by atoms with Crippen molar-refractivity contribution >= 4 is 43.6 Å². The van der Waals surface area contributed by atoms with Crippen LogP contribution in [0.4, 0.5) is 21.0 Å². The molecule has 1 aromatic carbocycles. The van der Waals surface area contributed by atoms with E-state index in [0.29, 0.717) is 5.56 Å². The third-order valence-corrected chi connectivity index (χ3v) is 11.3. The SMILES string of the molecule is CC(C)[C@H](NC(=O)O)C(=O)N[C@@H](CCCNC(N)=O)C(=O)Nc1ccc(CO[Si](C)(C)C(C)(C)C)c([N+](=O)[O-])c1. The number of benzene rings is 1. The Morgan fingerprint density at radius 2 is 1.75 bits per heavy atom. The lowest BCUT2D eigenvalue weighted by Gasteiger charge is -2.36. The van der Waals surface area contributed by atoms with Gasteiger partial charge in [-0.1, -0.05) is 34.6 Å². The van der Waals surface area contributed by atoms with Crippen LogP contribution in [0.25, 0.3) is 0 Å². The Kier molecular flexibility index (Phi) is 12.5. The molecule has 0 fully saturated rings. The summed E-state index contributed by atoms with van der Waals surface area (Å²) in [6.45, 7) is 13.7. The zero-order valence-electron chi connectivity index (χ0n) is 24.1. The molecule has 1 rings (SSSR count). The minimum atomic E-state index is -2.18. The molecule has 0 aromatic heterocycles. The molecule has 7 N–H and O–H groups in total. The molecule has 15 heteroatoms. The molecule has 40 heavy (non-hydrogen) atoms. The molecule has 0 saturated carbocycles. The van der Waals surface area contributed by atoms with Crippen LogP contribution < -0.4 is 27.0 Å². The van der Waals surface area contributed by atoms with E-state index in [1.165, 1.54) is 18.2 Å². The molecule has 0 aliphatic carbocycles. The molecule has 0 saturated heterocycles. The average Bonchev–Trinajstić information content (AvgIpc) is 2.82. The largest absolute Gasteiger partial charge is 0.465 e. The predicted octanol–water partition coefficient (Wildman–Crippen LogP) is 3.28. The van der Waals surface area contributed by atoms with Crippen molar-refractivity contribution in [3.8, 4) is 0 Å². The lowest BCUT2D eigenvalue weighted by atomic mass is 10.0. The van der Waals surface area contributed by atoms with Gasteiger partial charge in [0.1, 0.15) is 12.1 Å². The van der Waals surface area contributed by atoms with Gasteiger partial charge in [0.05, 0.1) is 17.1 Å². The molecule has 0 heterocycles. The second-order valence-corrected chi connectivity index (χ2v) is 16.1. The number of carboxylic acid groups (broad SMARTS) is 1. The number of rotatable bonds is 14. The number of hydrogen-bond acceptors (Lipinski definition) is 7. The topological polar surface area (TPSA) is 215 Å². The Morgan fingerprint density at radius 3 is 2.25 bits per heavy atom. The summed E-state index contributed by atoms with van der Waals surface area (Å²) in [5.74, 6) is -1.81. The molecule has 0 aliphatic heterocycles. The maximum atomic E-state index is 13.2. The number of carbonyl (C=O) groups excluding carboxylic acids is 3. The Hall–Kier alpha value is -3.72. The molecular weight excluding hydrogens is 540 g/mol. The van der Waals surface area contributed by atoms with Crippen molar-refractivity contribution in [2.75, 3.05) is 11.9 Å². The fourth-order valence-corrected chi connectivity index (χ4v) is 4.30. The molecule has 5 amide bonds. The van der Waals surface area contributed by atoms with Gasteiger partial charge < -0.3 is 36.5 Å². The van der Waals surface area contributed by atoms with Gasteiger partial charge in [0.25, 0.3) is 5.69 Å². The number of anilines is 1. The summed E-state index contributed by atoms with van der Waals surface area (Å²) in [6, 6.07) is 1.22. The number of urea groups is 1. The van der Waals surface area contributed by atoms with Gasteiger partial charge in [0.15, 0.2) is 8.32 Å². The van der Waals surface area contributed by atoms with Gasteiger partial charge in [-0.15, -0.1) is 0 Å². The fraction of sp³-hybridized carbons (Fsp3) is 0.600. The minimum Gasteiger partial charge on any atom is -0.465 e. The monoisotopic (exact) mass is 582 g/mol. The summed E-state index contributed by atoms with van der Waals surface area (Å²) in [4.78, 5) is 59.3. The highest BCUT2D eigenvalue weighted by atomic mass is 28.4. The first-order valence-corrected chi connectivity index (χ1v) is 15.8. The van der Waals surface area contributed by atoms with Gasteiger partial charge in [-0.05, 0) is 49.0 Å². The van der Waals surface area contributed by atoms with Crippen LogP contribution in [0.5, 0.6) is 0 Å². The number of nitrogens with one attached hydrogen (secondary N) is 4. The summed E-state index contributed by atoms with van der Waals surface area (Å²) in [5.41, 5.74) is 5.32. The highest BCUT2D eigenvalue weighted by molar-refractivity contribution is 6.74. The van der Waals surface area contributed by atoms with Crippen LogP contribution in [0.1, 0.15) is 53.0 Å². The van der Waals surface area contributed by atoms with E-state index in [2.05, 4.69) is 42.0 Å². The van der Waals surface area contributed by atoms with Crippen LogP contribution in [0.2, 0.25) is 18.1 Å². The Balaban J connectivity index is 3.15. The third-order valence-electron chi connectivity index (χ3n) is 6.77. The van der Waals surface area contributed by atoms with Gasteiger partial charge in [-0.25, -0.2) is 9.59 Å². The molecule has 0 radical (unpaired) electrons. The highest BCUT2D eigenvalue weighted by Crippen LogP contribution is 2.37. The van der Waals surface area contributed by atoms with E-state index in [9.17, 15) is 29.3 Å². The first-order valence-electron chi connectivity index (χ1n) is 12.9. The van der Waals surface area contributed by atoms with Crippen LogP contribution in [-0.2, 0) is 20.6 Å². The maximum Gasteiger partial charge on any atom is 0.405 e. The van der Waals surface area contributed by atoms with E-state index >= 15 is 0 Å². The molecule has 0 unspecified atom stereocenters. The van der Waals surface area contributed by atoms with Crippen molar-refractivity contribution in [1.82, 2.24) is 16.0 Å². The van der Waals surface area contributed by atoms with E-state index in [0.717, 1.165) is 0 Å². The summed E-state index contributed by atoms with van der Waals surface area (Å²) < 4.78 is 6.13. The molecule has 224 valence electrons. The normalized spacial score (nSPS) is 13.2. The van der Waals surface area contributed by atoms with Gasteiger partial charge in [0, 0.05) is 18.3 Å². The van der Waals surface area contributed by atoms with E-state index in [-0.39, 0.29) is 42.4 Å². The number of primary amides is 1. The zero-order valence-corrected chi connectivity index (χ0v) is 25.1. The average molecular weight is 583 g/mol. The van der Waals surface area contributed by atoms with Crippen molar-refractivity contribution in [3.63, 3.8) is 0 Å².